The van der Waals surface area contributed by atoms with Crippen molar-refractivity contribution in [2.45, 2.75) is 0 Å². The van der Waals surface area contributed by atoms with E-state index in [-0.39, 0.29) is 10.7 Å². The first-order valence-corrected chi connectivity index (χ1v) is 5.85. The van der Waals surface area contributed by atoms with E-state index in [0.717, 1.165) is 5.69 Å². The molecule has 1 amide bonds. The van der Waals surface area contributed by atoms with Crippen LogP contribution in [0.5, 0.6) is 0 Å². The first kappa shape index (κ1) is 12.7. The third-order valence-electron chi connectivity index (χ3n) is 2.14. The fourth-order valence-electron chi connectivity index (χ4n) is 1.30. The fourth-order valence-corrected chi connectivity index (χ4v) is 1.65. The minimum Gasteiger partial charge on any atom is -0.298 e. The van der Waals surface area contributed by atoms with E-state index in [2.05, 4.69) is 15.8 Å². The van der Waals surface area contributed by atoms with Gasteiger partial charge in [-0.1, -0.05) is 41.4 Å². The molecule has 6 heteroatoms. The van der Waals surface area contributed by atoms with Crippen molar-refractivity contribution in [1.29, 1.82) is 0 Å². The summed E-state index contributed by atoms with van der Waals surface area (Å²) in [4.78, 5) is 15.6. The maximum absolute atomic E-state index is 11.8. The molecule has 1 aromatic carbocycles. The van der Waals surface area contributed by atoms with Crippen LogP contribution in [-0.2, 0) is 0 Å². The van der Waals surface area contributed by atoms with Crippen molar-refractivity contribution in [1.82, 2.24) is 10.4 Å². The molecule has 1 aromatic heterocycles. The molecular formula is C12H9Cl2N3O. The van der Waals surface area contributed by atoms with Crippen LogP contribution < -0.4 is 10.9 Å². The monoisotopic (exact) mass is 281 g/mol. The van der Waals surface area contributed by atoms with E-state index in [1.165, 1.54) is 12.3 Å². The molecular weight excluding hydrogens is 273 g/mol. The Morgan fingerprint density at radius 3 is 2.61 bits per heavy atom. The number of amides is 1. The number of nitrogens with one attached hydrogen (secondary N) is 2. The Labute approximate surface area is 114 Å². The van der Waals surface area contributed by atoms with E-state index in [4.69, 9.17) is 23.2 Å². The lowest BCUT2D eigenvalue weighted by Crippen LogP contribution is -2.29. The SMILES string of the molecule is O=C(NNc1ccccc1)c1cc(Cl)cnc1Cl. The minimum atomic E-state index is -0.404. The zero-order chi connectivity index (χ0) is 13.0. The molecule has 0 aliphatic rings. The normalized spacial score (nSPS) is 9.89. The smallest absolute Gasteiger partial charge is 0.272 e. The molecule has 2 N–H and O–H groups in total. The molecule has 0 spiro atoms. The fraction of sp³-hybridized carbons (Fsp3) is 0. The van der Waals surface area contributed by atoms with Gasteiger partial charge in [-0.05, 0) is 18.2 Å². The van der Waals surface area contributed by atoms with Gasteiger partial charge in [0.2, 0.25) is 0 Å². The second-order valence-corrected chi connectivity index (χ2v) is 4.23. The maximum atomic E-state index is 11.8. The van der Waals surface area contributed by atoms with Gasteiger partial charge in [0.05, 0.1) is 16.3 Å². The number of anilines is 1. The first-order chi connectivity index (χ1) is 8.66. The molecule has 0 saturated heterocycles. The van der Waals surface area contributed by atoms with Crippen molar-refractivity contribution in [3.8, 4) is 0 Å². The Morgan fingerprint density at radius 2 is 1.89 bits per heavy atom. The number of halogens is 2. The Hall–Kier alpha value is -1.78. The number of benzene rings is 1. The van der Waals surface area contributed by atoms with Crippen molar-refractivity contribution >= 4 is 34.8 Å². The van der Waals surface area contributed by atoms with Crippen LogP contribution in [0.2, 0.25) is 10.2 Å². The molecule has 92 valence electrons. The summed E-state index contributed by atoms with van der Waals surface area (Å²) in [6.45, 7) is 0. The van der Waals surface area contributed by atoms with Crippen molar-refractivity contribution < 1.29 is 4.79 Å². The highest BCUT2D eigenvalue weighted by Gasteiger charge is 2.11. The number of hydrogen-bond donors (Lipinski definition) is 2. The Morgan fingerprint density at radius 1 is 1.17 bits per heavy atom. The van der Waals surface area contributed by atoms with Gasteiger partial charge in [-0.15, -0.1) is 0 Å². The Kier molecular flexibility index (Phi) is 4.02. The standard InChI is InChI=1S/C12H9Cl2N3O/c13-8-6-10(11(14)15-7-8)12(18)17-16-9-4-2-1-3-5-9/h1-7,16H,(H,17,18). The average Bonchev–Trinajstić information content (AvgIpc) is 2.40. The Bertz CT molecular complexity index is 561. The lowest BCUT2D eigenvalue weighted by molar-refractivity contribution is 0.0962. The predicted octanol–water partition coefficient (Wildman–Crippen LogP) is 3.15. The topological polar surface area (TPSA) is 54.0 Å². The number of pyridine rings is 1. The highest BCUT2D eigenvalue weighted by Crippen LogP contribution is 2.17. The van der Waals surface area contributed by atoms with Gasteiger partial charge < -0.3 is 0 Å². The van der Waals surface area contributed by atoms with Crippen molar-refractivity contribution in [3.63, 3.8) is 0 Å². The number of hydrogen-bond acceptors (Lipinski definition) is 3. The van der Waals surface area contributed by atoms with E-state index >= 15 is 0 Å². The van der Waals surface area contributed by atoms with Gasteiger partial charge in [-0.25, -0.2) is 4.98 Å². The lowest BCUT2D eigenvalue weighted by Gasteiger charge is -2.09. The van der Waals surface area contributed by atoms with Crippen LogP contribution in [0, 0.1) is 0 Å². The van der Waals surface area contributed by atoms with Gasteiger partial charge in [-0.2, -0.15) is 0 Å². The van der Waals surface area contributed by atoms with Crippen LogP contribution in [-0.4, -0.2) is 10.9 Å². The molecule has 0 saturated carbocycles. The molecule has 1 heterocycles. The third kappa shape index (κ3) is 3.12. The van der Waals surface area contributed by atoms with Crippen LogP contribution in [0.25, 0.3) is 0 Å². The molecule has 0 unspecified atom stereocenters. The second kappa shape index (κ2) is 5.71. The lowest BCUT2D eigenvalue weighted by atomic mass is 10.3. The van der Waals surface area contributed by atoms with E-state index in [1.807, 2.05) is 30.3 Å². The van der Waals surface area contributed by atoms with Gasteiger partial charge in [-0.3, -0.25) is 15.6 Å². The van der Waals surface area contributed by atoms with Gasteiger partial charge >= 0.3 is 0 Å². The third-order valence-corrected chi connectivity index (χ3v) is 2.65. The molecule has 0 aliphatic heterocycles. The Balaban J connectivity index is 2.06. The van der Waals surface area contributed by atoms with Gasteiger partial charge in [0.15, 0.2) is 0 Å². The summed E-state index contributed by atoms with van der Waals surface area (Å²) < 4.78 is 0. The summed E-state index contributed by atoms with van der Waals surface area (Å²) in [5.41, 5.74) is 6.25. The van der Waals surface area contributed by atoms with Crippen molar-refractivity contribution in [2.24, 2.45) is 0 Å². The molecule has 0 aliphatic carbocycles. The summed E-state index contributed by atoms with van der Waals surface area (Å²) >= 11 is 11.6. The van der Waals surface area contributed by atoms with Gasteiger partial charge in [0.25, 0.3) is 5.91 Å². The minimum absolute atomic E-state index is 0.103. The summed E-state index contributed by atoms with van der Waals surface area (Å²) in [7, 11) is 0. The largest absolute Gasteiger partial charge is 0.298 e. The van der Waals surface area contributed by atoms with E-state index in [0.29, 0.717) is 5.02 Å². The maximum Gasteiger partial charge on any atom is 0.272 e. The van der Waals surface area contributed by atoms with Crippen molar-refractivity contribution in [3.05, 3.63) is 58.3 Å². The number of para-hydroxylation sites is 1. The zero-order valence-electron chi connectivity index (χ0n) is 9.15. The molecule has 4 nitrogen and oxygen atoms in total. The van der Waals surface area contributed by atoms with E-state index < -0.39 is 5.91 Å². The highest BCUT2D eigenvalue weighted by atomic mass is 35.5. The molecule has 0 bridgehead atoms. The number of carbonyl (C=O) groups excluding carboxylic acids is 1. The second-order valence-electron chi connectivity index (χ2n) is 3.44. The molecule has 0 radical (unpaired) electrons. The van der Waals surface area contributed by atoms with Crippen LogP contribution in [0.3, 0.4) is 0 Å². The van der Waals surface area contributed by atoms with Gasteiger partial charge in [0.1, 0.15) is 5.15 Å². The molecule has 2 rings (SSSR count). The van der Waals surface area contributed by atoms with Crippen molar-refractivity contribution in [2.75, 3.05) is 5.43 Å². The summed E-state index contributed by atoms with van der Waals surface area (Å²) in [5, 5.41) is 0.455. The number of carbonyl (C=O) groups is 1. The molecule has 18 heavy (non-hydrogen) atoms. The van der Waals surface area contributed by atoms with Gasteiger partial charge in [0, 0.05) is 6.20 Å². The van der Waals surface area contributed by atoms with E-state index in [9.17, 15) is 4.79 Å². The number of aromatic nitrogens is 1. The predicted molar refractivity (Wildman–Crippen MR) is 71.8 cm³/mol. The number of hydrazine groups is 1. The van der Waals surface area contributed by atoms with E-state index in [1.54, 1.807) is 0 Å². The molecule has 0 fully saturated rings. The highest BCUT2D eigenvalue weighted by molar-refractivity contribution is 6.34. The molecule has 2 aromatic rings. The van der Waals surface area contributed by atoms with Crippen LogP contribution >= 0.6 is 23.2 Å². The summed E-state index contributed by atoms with van der Waals surface area (Å²) in [5.74, 6) is -0.404. The van der Waals surface area contributed by atoms with Crippen LogP contribution in [0.1, 0.15) is 10.4 Å². The molecule has 0 atom stereocenters. The summed E-state index contributed by atoms with van der Waals surface area (Å²) in [6.07, 6.45) is 1.38. The number of rotatable bonds is 3. The zero-order valence-corrected chi connectivity index (χ0v) is 10.7. The first-order valence-electron chi connectivity index (χ1n) is 5.09. The van der Waals surface area contributed by atoms with Crippen LogP contribution in [0.4, 0.5) is 5.69 Å². The summed E-state index contributed by atoms with van der Waals surface area (Å²) in [6, 6.07) is 10.7. The average molecular weight is 282 g/mol. The number of nitrogens with zero attached hydrogens (tertiary/aromatic N) is 1. The quantitative estimate of drug-likeness (QED) is 0.671. The van der Waals surface area contributed by atoms with Crippen LogP contribution in [0.15, 0.2) is 42.6 Å².